The lowest BCUT2D eigenvalue weighted by molar-refractivity contribution is -0.327. The third kappa shape index (κ3) is 6.62. The average Bonchev–Trinajstić information content (AvgIpc) is 2.90. The first-order valence-electron chi connectivity index (χ1n) is 11.8. The number of carbonyl (C=O) groups is 2. The van der Waals surface area contributed by atoms with Crippen molar-refractivity contribution in [2.75, 3.05) is 20.3 Å². The minimum absolute atomic E-state index is 0.00894. The molecule has 0 spiro atoms. The zero-order chi connectivity index (χ0) is 28.0. The molecule has 0 aromatic heterocycles. The number of phenols is 2. The fourth-order valence-corrected chi connectivity index (χ4v) is 4.16. The van der Waals surface area contributed by atoms with E-state index in [1.165, 1.54) is 12.1 Å². The minimum Gasteiger partial charge on any atom is -0.504 e. The molecule has 3 rings (SSSR count). The molecule has 13 heteroatoms. The SMILES string of the molecule is C/C=C1\[C@@H](O[C@@H]2O[C@H](CO)[C@@H](O)[C@H](O)[C@H]2O)OC=C(C(=O)OC)[C@@H]1CC(=O)OCCc1ccc(O)c(O)c1. The summed E-state index contributed by atoms with van der Waals surface area (Å²) in [6.07, 6.45) is -6.39. The van der Waals surface area contributed by atoms with Crippen LogP contribution in [0.5, 0.6) is 11.5 Å². The van der Waals surface area contributed by atoms with Crippen LogP contribution in [0.3, 0.4) is 0 Å². The highest BCUT2D eigenvalue weighted by Gasteiger charge is 2.46. The second-order valence-electron chi connectivity index (χ2n) is 8.71. The van der Waals surface area contributed by atoms with Crippen LogP contribution in [-0.4, -0.2) is 99.9 Å². The van der Waals surface area contributed by atoms with Crippen LogP contribution in [0.15, 0.2) is 41.7 Å². The van der Waals surface area contributed by atoms with E-state index in [9.17, 15) is 40.2 Å². The Balaban J connectivity index is 1.71. The van der Waals surface area contributed by atoms with Crippen LogP contribution in [0.4, 0.5) is 0 Å². The van der Waals surface area contributed by atoms with Gasteiger partial charge in [-0.25, -0.2) is 4.79 Å². The summed E-state index contributed by atoms with van der Waals surface area (Å²) in [6, 6.07) is 4.23. The topological polar surface area (TPSA) is 202 Å². The summed E-state index contributed by atoms with van der Waals surface area (Å²) in [4.78, 5) is 25.1. The number of phenolic OH excluding ortho intramolecular Hbond substituents is 2. The number of esters is 2. The molecule has 0 unspecified atom stereocenters. The largest absolute Gasteiger partial charge is 0.504 e. The number of rotatable bonds is 9. The number of hydrogen-bond donors (Lipinski definition) is 6. The molecule has 1 fully saturated rings. The lowest BCUT2D eigenvalue weighted by atomic mass is 9.86. The monoisotopic (exact) mass is 540 g/mol. The molecular weight excluding hydrogens is 508 g/mol. The van der Waals surface area contributed by atoms with Crippen LogP contribution in [0.25, 0.3) is 0 Å². The first-order chi connectivity index (χ1) is 18.1. The Labute approximate surface area is 218 Å². The number of aliphatic hydroxyl groups excluding tert-OH is 4. The van der Waals surface area contributed by atoms with Crippen LogP contribution in [0.2, 0.25) is 0 Å². The number of benzene rings is 1. The van der Waals surface area contributed by atoms with E-state index in [-0.39, 0.29) is 36.5 Å². The maximum atomic E-state index is 12.7. The van der Waals surface area contributed by atoms with E-state index in [1.807, 2.05) is 0 Å². The van der Waals surface area contributed by atoms with Gasteiger partial charge in [-0.3, -0.25) is 4.79 Å². The van der Waals surface area contributed by atoms with Gasteiger partial charge in [-0.2, -0.15) is 0 Å². The molecule has 0 aliphatic carbocycles. The fourth-order valence-electron chi connectivity index (χ4n) is 4.16. The van der Waals surface area contributed by atoms with Gasteiger partial charge in [0.2, 0.25) is 6.29 Å². The number of allylic oxidation sites excluding steroid dienone is 1. The van der Waals surface area contributed by atoms with E-state index in [0.29, 0.717) is 11.1 Å². The molecule has 7 atom stereocenters. The van der Waals surface area contributed by atoms with E-state index in [2.05, 4.69) is 0 Å². The maximum absolute atomic E-state index is 12.7. The molecule has 38 heavy (non-hydrogen) atoms. The molecule has 0 bridgehead atoms. The Hall–Kier alpha value is -3.20. The Kier molecular flexibility index (Phi) is 10.1. The van der Waals surface area contributed by atoms with Gasteiger partial charge >= 0.3 is 11.9 Å². The molecule has 2 aliphatic heterocycles. The molecular formula is C25H32O13. The van der Waals surface area contributed by atoms with Gasteiger partial charge in [0.1, 0.15) is 24.4 Å². The molecule has 210 valence electrons. The number of aromatic hydroxyl groups is 2. The molecule has 6 N–H and O–H groups in total. The summed E-state index contributed by atoms with van der Waals surface area (Å²) >= 11 is 0. The van der Waals surface area contributed by atoms with Crippen molar-refractivity contribution in [1.82, 2.24) is 0 Å². The summed E-state index contributed by atoms with van der Waals surface area (Å²) in [5.74, 6) is -2.89. The summed E-state index contributed by atoms with van der Waals surface area (Å²) in [6.45, 7) is 0.912. The first kappa shape index (κ1) is 29.4. The van der Waals surface area contributed by atoms with Gasteiger partial charge < -0.3 is 54.3 Å². The lowest BCUT2D eigenvalue weighted by Crippen LogP contribution is -2.60. The van der Waals surface area contributed by atoms with E-state index >= 15 is 0 Å². The van der Waals surface area contributed by atoms with Crippen LogP contribution in [0, 0.1) is 5.92 Å². The van der Waals surface area contributed by atoms with Gasteiger partial charge in [-0.05, 0) is 24.6 Å². The van der Waals surface area contributed by atoms with Crippen molar-refractivity contribution in [1.29, 1.82) is 0 Å². The van der Waals surface area contributed by atoms with E-state index in [4.69, 9.17) is 23.7 Å². The second kappa shape index (κ2) is 13.0. The Morgan fingerprint density at radius 2 is 1.82 bits per heavy atom. The van der Waals surface area contributed by atoms with Gasteiger partial charge in [0.05, 0.1) is 38.6 Å². The van der Waals surface area contributed by atoms with E-state index in [0.717, 1.165) is 13.4 Å². The lowest BCUT2D eigenvalue weighted by Gasteiger charge is -2.41. The molecule has 2 heterocycles. The van der Waals surface area contributed by atoms with Gasteiger partial charge in [0.15, 0.2) is 17.8 Å². The molecule has 13 nitrogen and oxygen atoms in total. The van der Waals surface area contributed by atoms with Crippen molar-refractivity contribution < 1.29 is 63.9 Å². The van der Waals surface area contributed by atoms with Crippen LogP contribution >= 0.6 is 0 Å². The van der Waals surface area contributed by atoms with E-state index in [1.54, 1.807) is 19.1 Å². The number of aliphatic hydroxyl groups is 4. The molecule has 0 radical (unpaired) electrons. The van der Waals surface area contributed by atoms with Crippen molar-refractivity contribution in [2.45, 2.75) is 56.8 Å². The predicted octanol–water partition coefficient (Wildman–Crippen LogP) is -0.634. The third-order valence-electron chi connectivity index (χ3n) is 6.29. The standard InChI is InChI=1S/C25H32O13/c1-3-13-14(9-19(29)35-7-6-12-4-5-16(27)17(28)8-12)15(23(33)34-2)11-36-24(13)38-25-22(32)21(31)20(30)18(10-26)37-25/h3-5,8,11,14,18,20-22,24-28,30-32H,6-7,9-10H2,1-2H3/b13-3-/t14-,18-,20-,21+,22-,24-,25+/m1/s1. The number of methoxy groups -OCH3 is 1. The van der Waals surface area contributed by atoms with Gasteiger partial charge in [-0.1, -0.05) is 12.1 Å². The van der Waals surface area contributed by atoms with Crippen molar-refractivity contribution in [3.8, 4) is 11.5 Å². The Morgan fingerprint density at radius 3 is 2.45 bits per heavy atom. The maximum Gasteiger partial charge on any atom is 0.337 e. The van der Waals surface area contributed by atoms with E-state index < -0.39 is 61.5 Å². The van der Waals surface area contributed by atoms with Gasteiger partial charge in [-0.15, -0.1) is 0 Å². The Morgan fingerprint density at radius 1 is 1.08 bits per heavy atom. The van der Waals surface area contributed by atoms with Crippen molar-refractivity contribution in [3.05, 3.63) is 47.2 Å². The second-order valence-corrected chi connectivity index (χ2v) is 8.71. The third-order valence-corrected chi connectivity index (χ3v) is 6.29. The normalized spacial score (nSPS) is 30.3. The molecule has 2 aliphatic rings. The smallest absolute Gasteiger partial charge is 0.337 e. The molecule has 0 amide bonds. The summed E-state index contributed by atoms with van der Waals surface area (Å²) in [5, 5.41) is 58.8. The molecule has 1 aromatic rings. The van der Waals surface area contributed by atoms with Crippen LogP contribution in [-0.2, 0) is 39.7 Å². The van der Waals surface area contributed by atoms with Crippen molar-refractivity contribution in [2.24, 2.45) is 5.92 Å². The number of carbonyl (C=O) groups excluding carboxylic acids is 2. The molecule has 1 saturated heterocycles. The molecule has 0 saturated carbocycles. The van der Waals surface area contributed by atoms with Crippen molar-refractivity contribution >= 4 is 11.9 Å². The average molecular weight is 541 g/mol. The zero-order valence-electron chi connectivity index (χ0n) is 20.8. The number of hydrogen-bond acceptors (Lipinski definition) is 13. The highest BCUT2D eigenvalue weighted by molar-refractivity contribution is 5.90. The predicted molar refractivity (Wildman–Crippen MR) is 126 cm³/mol. The summed E-state index contributed by atoms with van der Waals surface area (Å²) in [7, 11) is 1.16. The Bertz CT molecular complexity index is 1050. The van der Waals surface area contributed by atoms with Crippen LogP contribution in [0.1, 0.15) is 18.9 Å². The van der Waals surface area contributed by atoms with Gasteiger partial charge in [0.25, 0.3) is 0 Å². The first-order valence-corrected chi connectivity index (χ1v) is 11.8. The van der Waals surface area contributed by atoms with Gasteiger partial charge in [0, 0.05) is 17.9 Å². The fraction of sp³-hybridized carbons (Fsp3) is 0.520. The van der Waals surface area contributed by atoms with Crippen LogP contribution < -0.4 is 0 Å². The highest BCUT2D eigenvalue weighted by atomic mass is 16.8. The van der Waals surface area contributed by atoms with Crippen molar-refractivity contribution in [3.63, 3.8) is 0 Å². The zero-order valence-corrected chi connectivity index (χ0v) is 20.8. The molecule has 1 aromatic carbocycles. The highest BCUT2D eigenvalue weighted by Crippen LogP contribution is 2.36. The minimum atomic E-state index is -1.69. The summed E-state index contributed by atoms with van der Waals surface area (Å²) in [5.41, 5.74) is 0.927. The quantitative estimate of drug-likeness (QED) is 0.131. The summed E-state index contributed by atoms with van der Waals surface area (Å²) < 4.78 is 26.7. The number of ether oxygens (including phenoxy) is 5.